The van der Waals surface area contributed by atoms with Crippen molar-refractivity contribution in [2.45, 2.75) is 43.9 Å². The molecule has 0 radical (unpaired) electrons. The summed E-state index contributed by atoms with van der Waals surface area (Å²) in [7, 11) is 0. The number of benzene rings is 1. The average Bonchev–Trinajstić information content (AvgIpc) is 3.06. The van der Waals surface area contributed by atoms with Gasteiger partial charge in [-0.1, -0.05) is 30.3 Å². The van der Waals surface area contributed by atoms with Gasteiger partial charge in [-0.2, -0.15) is 0 Å². The fraction of sp³-hybridized carbons (Fsp3) is 0.611. The van der Waals surface area contributed by atoms with Crippen LogP contribution in [-0.4, -0.2) is 37.2 Å². The molecule has 4 N–H and O–H groups in total. The summed E-state index contributed by atoms with van der Waals surface area (Å²) in [4.78, 5) is 12.1. The Labute approximate surface area is 138 Å². The van der Waals surface area contributed by atoms with E-state index in [1.807, 2.05) is 18.2 Å². The van der Waals surface area contributed by atoms with Crippen molar-refractivity contribution < 1.29 is 9.53 Å². The molecule has 1 amide bonds. The van der Waals surface area contributed by atoms with E-state index in [4.69, 9.17) is 10.5 Å². The van der Waals surface area contributed by atoms with Crippen LogP contribution in [-0.2, 0) is 16.1 Å². The molecule has 3 atom stereocenters. The SMILES string of the molecule is NC(=O)C1([C@H]2CN[C@H](COCc3ccccc3)C2)CCCCN1. The second kappa shape index (κ2) is 7.43. The third kappa shape index (κ3) is 3.74. The lowest BCUT2D eigenvalue weighted by molar-refractivity contribution is -0.127. The van der Waals surface area contributed by atoms with Gasteiger partial charge in [0.2, 0.25) is 5.91 Å². The van der Waals surface area contributed by atoms with Gasteiger partial charge in [-0.3, -0.25) is 4.79 Å². The monoisotopic (exact) mass is 317 g/mol. The Balaban J connectivity index is 1.50. The van der Waals surface area contributed by atoms with Gasteiger partial charge in [0.1, 0.15) is 5.54 Å². The molecule has 2 saturated heterocycles. The fourth-order valence-electron chi connectivity index (χ4n) is 3.90. The lowest BCUT2D eigenvalue weighted by Crippen LogP contribution is -2.62. The van der Waals surface area contributed by atoms with Crippen LogP contribution in [0.3, 0.4) is 0 Å². The fourth-order valence-corrected chi connectivity index (χ4v) is 3.90. The van der Waals surface area contributed by atoms with E-state index in [0.717, 1.165) is 38.8 Å². The second-order valence-corrected chi connectivity index (χ2v) is 6.76. The second-order valence-electron chi connectivity index (χ2n) is 6.76. The van der Waals surface area contributed by atoms with Gasteiger partial charge in [0, 0.05) is 18.5 Å². The Bertz CT molecular complexity index is 514. The van der Waals surface area contributed by atoms with Crippen LogP contribution < -0.4 is 16.4 Å². The maximum Gasteiger partial charge on any atom is 0.238 e. The van der Waals surface area contributed by atoms with Gasteiger partial charge in [-0.05, 0) is 37.8 Å². The smallest absolute Gasteiger partial charge is 0.238 e. The number of carbonyl (C=O) groups excluding carboxylic acids is 1. The number of ether oxygens (including phenoxy) is 1. The standard InChI is InChI=1S/C18H27N3O2/c19-17(22)18(8-4-5-9-21-18)15-10-16(20-11-15)13-23-12-14-6-2-1-3-7-14/h1-3,6-7,15-16,20-21H,4-5,8-13H2,(H2,19,22)/t15-,16+,18?/m1/s1. The van der Waals surface area contributed by atoms with E-state index in [0.29, 0.717) is 19.3 Å². The first-order chi connectivity index (χ1) is 11.2. The molecule has 0 bridgehead atoms. The zero-order valence-electron chi connectivity index (χ0n) is 13.6. The van der Waals surface area contributed by atoms with Crippen molar-refractivity contribution in [3.8, 4) is 0 Å². The van der Waals surface area contributed by atoms with E-state index < -0.39 is 5.54 Å². The number of primary amides is 1. The van der Waals surface area contributed by atoms with Crippen LogP contribution >= 0.6 is 0 Å². The molecule has 2 heterocycles. The van der Waals surface area contributed by atoms with Crippen molar-refractivity contribution >= 4 is 5.91 Å². The predicted octanol–water partition coefficient (Wildman–Crippen LogP) is 1.18. The third-order valence-corrected chi connectivity index (χ3v) is 5.23. The van der Waals surface area contributed by atoms with E-state index in [1.165, 1.54) is 5.56 Å². The minimum absolute atomic E-state index is 0.199. The minimum atomic E-state index is -0.528. The molecule has 2 aliphatic rings. The average molecular weight is 317 g/mol. The Kier molecular flexibility index (Phi) is 5.30. The summed E-state index contributed by atoms with van der Waals surface area (Å²) in [5.41, 5.74) is 6.40. The number of hydrogen-bond acceptors (Lipinski definition) is 4. The lowest BCUT2D eigenvalue weighted by atomic mass is 9.76. The van der Waals surface area contributed by atoms with Gasteiger partial charge in [0.15, 0.2) is 0 Å². The Morgan fingerprint density at radius 3 is 2.83 bits per heavy atom. The van der Waals surface area contributed by atoms with Gasteiger partial charge >= 0.3 is 0 Å². The van der Waals surface area contributed by atoms with Gasteiger partial charge in [0.25, 0.3) is 0 Å². The van der Waals surface area contributed by atoms with Crippen molar-refractivity contribution in [1.29, 1.82) is 0 Å². The highest BCUT2D eigenvalue weighted by Gasteiger charge is 2.47. The first-order valence-corrected chi connectivity index (χ1v) is 8.61. The highest BCUT2D eigenvalue weighted by molar-refractivity contribution is 5.85. The normalized spacial score (nSPS) is 31.1. The Hall–Kier alpha value is -1.43. The van der Waals surface area contributed by atoms with Crippen molar-refractivity contribution in [3.05, 3.63) is 35.9 Å². The quantitative estimate of drug-likeness (QED) is 0.736. The molecule has 23 heavy (non-hydrogen) atoms. The predicted molar refractivity (Wildman–Crippen MR) is 89.8 cm³/mol. The molecule has 1 aromatic rings. The zero-order valence-corrected chi connectivity index (χ0v) is 13.6. The summed E-state index contributed by atoms with van der Waals surface area (Å²) in [6.45, 7) is 3.01. The molecular weight excluding hydrogens is 290 g/mol. The van der Waals surface area contributed by atoms with Crippen molar-refractivity contribution in [3.63, 3.8) is 0 Å². The highest BCUT2D eigenvalue weighted by Crippen LogP contribution is 2.33. The summed E-state index contributed by atoms with van der Waals surface area (Å²) in [6, 6.07) is 10.5. The zero-order chi connectivity index (χ0) is 16.1. The third-order valence-electron chi connectivity index (χ3n) is 5.23. The number of nitrogens with one attached hydrogen (secondary N) is 2. The molecule has 0 spiro atoms. The van der Waals surface area contributed by atoms with Crippen molar-refractivity contribution in [2.24, 2.45) is 11.7 Å². The molecule has 5 heteroatoms. The topological polar surface area (TPSA) is 76.4 Å². The van der Waals surface area contributed by atoms with Crippen LogP contribution in [0.15, 0.2) is 30.3 Å². The van der Waals surface area contributed by atoms with Crippen LogP contribution in [0.5, 0.6) is 0 Å². The number of amides is 1. The summed E-state index contributed by atoms with van der Waals surface area (Å²) in [5.74, 6) is 0.0560. The lowest BCUT2D eigenvalue weighted by Gasteiger charge is -2.40. The molecule has 1 unspecified atom stereocenters. The summed E-state index contributed by atoms with van der Waals surface area (Å²) < 4.78 is 5.83. The van der Waals surface area contributed by atoms with E-state index in [-0.39, 0.29) is 11.8 Å². The van der Waals surface area contributed by atoms with Gasteiger partial charge in [-0.25, -0.2) is 0 Å². The molecule has 5 nitrogen and oxygen atoms in total. The van der Waals surface area contributed by atoms with Gasteiger partial charge in [0.05, 0.1) is 13.2 Å². The molecular formula is C18H27N3O2. The highest BCUT2D eigenvalue weighted by atomic mass is 16.5. The van der Waals surface area contributed by atoms with Gasteiger partial charge in [-0.15, -0.1) is 0 Å². The first-order valence-electron chi connectivity index (χ1n) is 8.61. The largest absolute Gasteiger partial charge is 0.375 e. The molecule has 126 valence electrons. The van der Waals surface area contributed by atoms with Crippen LogP contribution in [0, 0.1) is 5.92 Å². The number of rotatable bonds is 6. The summed E-state index contributed by atoms with van der Waals surface area (Å²) in [5, 5.41) is 6.92. The summed E-state index contributed by atoms with van der Waals surface area (Å²) >= 11 is 0. The molecule has 3 rings (SSSR count). The van der Waals surface area contributed by atoms with Crippen molar-refractivity contribution in [1.82, 2.24) is 10.6 Å². The number of nitrogens with two attached hydrogens (primary N) is 1. The molecule has 0 aliphatic carbocycles. The number of carbonyl (C=O) groups is 1. The van der Waals surface area contributed by atoms with E-state index in [2.05, 4.69) is 22.8 Å². The molecule has 0 saturated carbocycles. The number of hydrogen-bond donors (Lipinski definition) is 3. The first kappa shape index (κ1) is 16.4. The van der Waals surface area contributed by atoms with Crippen LogP contribution in [0.1, 0.15) is 31.2 Å². The Morgan fingerprint density at radius 2 is 2.13 bits per heavy atom. The van der Waals surface area contributed by atoms with Crippen molar-refractivity contribution in [2.75, 3.05) is 19.7 Å². The number of piperidine rings is 1. The van der Waals surface area contributed by atoms with Crippen LogP contribution in [0.2, 0.25) is 0 Å². The maximum atomic E-state index is 12.1. The summed E-state index contributed by atoms with van der Waals surface area (Å²) in [6.07, 6.45) is 3.98. The van der Waals surface area contributed by atoms with Crippen LogP contribution in [0.25, 0.3) is 0 Å². The van der Waals surface area contributed by atoms with E-state index in [1.54, 1.807) is 0 Å². The van der Waals surface area contributed by atoms with E-state index >= 15 is 0 Å². The molecule has 2 fully saturated rings. The Morgan fingerprint density at radius 1 is 1.30 bits per heavy atom. The van der Waals surface area contributed by atoms with Crippen LogP contribution in [0.4, 0.5) is 0 Å². The van der Waals surface area contributed by atoms with Gasteiger partial charge < -0.3 is 21.1 Å². The van der Waals surface area contributed by atoms with E-state index in [9.17, 15) is 4.79 Å². The molecule has 0 aromatic heterocycles. The minimum Gasteiger partial charge on any atom is -0.375 e. The maximum absolute atomic E-state index is 12.1. The molecule has 1 aromatic carbocycles. The molecule has 2 aliphatic heterocycles.